The van der Waals surface area contributed by atoms with Crippen LogP contribution in [0.4, 0.5) is 0 Å². The molecule has 2 amide bonds. The molecule has 2 aromatic rings. The van der Waals surface area contributed by atoms with Gasteiger partial charge >= 0.3 is 11.9 Å². The Balaban J connectivity index is 2.15. The van der Waals surface area contributed by atoms with Crippen LogP contribution in [0.25, 0.3) is 10.9 Å². The normalized spacial score (nSPS) is 14.8. The summed E-state index contributed by atoms with van der Waals surface area (Å²) in [5.74, 6) is -3.90. The highest BCUT2D eigenvalue weighted by Crippen LogP contribution is 2.19. The van der Waals surface area contributed by atoms with Crippen LogP contribution >= 0.6 is 0 Å². The summed E-state index contributed by atoms with van der Waals surface area (Å²) in [4.78, 5) is 51.1. The number of amides is 2. The van der Waals surface area contributed by atoms with Crippen LogP contribution in [0, 0.1) is 5.92 Å². The van der Waals surface area contributed by atoms with Crippen LogP contribution in [-0.2, 0) is 25.6 Å². The predicted octanol–water partition coefficient (Wildman–Crippen LogP) is 1.00. The quantitative estimate of drug-likeness (QED) is 0.282. The van der Waals surface area contributed by atoms with Crippen molar-refractivity contribution in [1.29, 1.82) is 0 Å². The molecule has 0 aliphatic heterocycles. The molecule has 1 aromatic heterocycles. The molecular weight excluding hydrogens is 416 g/mol. The van der Waals surface area contributed by atoms with Crippen LogP contribution in [0.2, 0.25) is 0 Å². The number of fused-ring (bicyclic) bond motifs is 1. The number of H-pyrrole nitrogens is 1. The van der Waals surface area contributed by atoms with Crippen molar-refractivity contribution < 1.29 is 29.4 Å². The van der Waals surface area contributed by atoms with Gasteiger partial charge in [-0.2, -0.15) is 0 Å². The van der Waals surface area contributed by atoms with E-state index in [0.29, 0.717) is 12.0 Å². The lowest BCUT2D eigenvalue weighted by atomic mass is 9.98. The number of carboxylic acids is 2. The van der Waals surface area contributed by atoms with Gasteiger partial charge in [0, 0.05) is 29.9 Å². The molecule has 1 aromatic carbocycles. The Morgan fingerprint density at radius 2 is 1.72 bits per heavy atom. The zero-order valence-electron chi connectivity index (χ0n) is 18.1. The Labute approximate surface area is 185 Å². The fraction of sp³-hybridized carbons (Fsp3) is 0.455. The van der Waals surface area contributed by atoms with Gasteiger partial charge in [0.1, 0.15) is 12.1 Å². The molecule has 0 fully saturated rings. The van der Waals surface area contributed by atoms with Gasteiger partial charge in [-0.25, -0.2) is 4.79 Å². The summed E-state index contributed by atoms with van der Waals surface area (Å²) in [5.41, 5.74) is 7.45. The Morgan fingerprint density at radius 1 is 1.06 bits per heavy atom. The number of carbonyl (C=O) groups excluding carboxylic acids is 2. The average Bonchev–Trinajstić information content (AvgIpc) is 3.17. The van der Waals surface area contributed by atoms with Crippen LogP contribution in [0.3, 0.4) is 0 Å². The predicted molar refractivity (Wildman–Crippen MR) is 118 cm³/mol. The number of nitrogens with one attached hydrogen (secondary N) is 3. The summed E-state index contributed by atoms with van der Waals surface area (Å²) < 4.78 is 0. The molecule has 0 spiro atoms. The number of hydrogen-bond acceptors (Lipinski definition) is 5. The molecular formula is C22H30N4O6. The number of benzene rings is 1. The Bertz CT molecular complexity index is 972. The molecule has 0 saturated carbocycles. The number of carboxylic acid groups (broad SMARTS) is 2. The van der Waals surface area contributed by atoms with Crippen LogP contribution in [-0.4, -0.2) is 57.1 Å². The molecule has 0 radical (unpaired) electrons. The van der Waals surface area contributed by atoms with Gasteiger partial charge < -0.3 is 31.6 Å². The number of hydrogen-bond donors (Lipinski definition) is 6. The van der Waals surface area contributed by atoms with E-state index in [1.807, 2.05) is 31.2 Å². The summed E-state index contributed by atoms with van der Waals surface area (Å²) >= 11 is 0. The Morgan fingerprint density at radius 3 is 2.34 bits per heavy atom. The van der Waals surface area contributed by atoms with Crippen LogP contribution in [0.15, 0.2) is 30.5 Å². The van der Waals surface area contributed by atoms with Crippen LogP contribution < -0.4 is 16.4 Å². The zero-order chi connectivity index (χ0) is 23.8. The van der Waals surface area contributed by atoms with Crippen molar-refractivity contribution in [2.75, 3.05) is 0 Å². The second kappa shape index (κ2) is 11.3. The van der Waals surface area contributed by atoms with Crippen molar-refractivity contribution in [3.63, 3.8) is 0 Å². The number of aromatic amines is 1. The fourth-order valence-corrected chi connectivity index (χ4v) is 3.31. The minimum absolute atomic E-state index is 0.0110. The number of aliphatic carboxylic acids is 2. The SMILES string of the molecule is CCC(C)C(N)C(=O)NC(CCC(=O)O)C(=O)NC(Cc1c[nH]c2ccccc12)C(=O)O. The van der Waals surface area contributed by atoms with E-state index < -0.39 is 41.9 Å². The molecule has 4 atom stereocenters. The first-order valence-electron chi connectivity index (χ1n) is 10.5. The van der Waals surface area contributed by atoms with Gasteiger partial charge in [0.05, 0.1) is 6.04 Å². The van der Waals surface area contributed by atoms with E-state index in [1.165, 1.54) is 0 Å². The maximum absolute atomic E-state index is 12.8. The van der Waals surface area contributed by atoms with Crippen LogP contribution in [0.5, 0.6) is 0 Å². The number of nitrogens with two attached hydrogens (primary N) is 1. The van der Waals surface area contributed by atoms with Gasteiger partial charge in [0.25, 0.3) is 0 Å². The molecule has 32 heavy (non-hydrogen) atoms. The van der Waals surface area contributed by atoms with Crippen molar-refractivity contribution >= 4 is 34.7 Å². The van der Waals surface area contributed by atoms with E-state index in [9.17, 15) is 24.3 Å². The second-order valence-corrected chi connectivity index (χ2v) is 7.87. The van der Waals surface area contributed by atoms with Gasteiger partial charge in [-0.3, -0.25) is 14.4 Å². The van der Waals surface area contributed by atoms with Crippen LogP contribution in [0.1, 0.15) is 38.7 Å². The standard InChI is InChI=1S/C22H30N4O6/c1-3-12(2)19(23)21(30)25-16(8-9-18(27)28)20(29)26-17(22(31)32)10-13-11-24-15-7-5-4-6-14(13)15/h4-7,11-12,16-17,19,24H,3,8-10,23H2,1-2H3,(H,25,30)(H,26,29)(H,27,28)(H,31,32). The first-order chi connectivity index (χ1) is 15.1. The van der Waals surface area contributed by atoms with Crippen molar-refractivity contribution in [2.24, 2.45) is 11.7 Å². The van der Waals surface area contributed by atoms with Crippen molar-refractivity contribution in [2.45, 2.75) is 57.7 Å². The third-order valence-corrected chi connectivity index (χ3v) is 5.55. The van der Waals surface area contributed by atoms with Gasteiger partial charge in [-0.1, -0.05) is 38.5 Å². The molecule has 0 bridgehead atoms. The molecule has 0 saturated heterocycles. The topological polar surface area (TPSA) is 175 Å². The summed E-state index contributed by atoms with van der Waals surface area (Å²) in [6.07, 6.45) is 1.77. The summed E-state index contributed by atoms with van der Waals surface area (Å²) in [6, 6.07) is 4.00. The summed E-state index contributed by atoms with van der Waals surface area (Å²) in [5, 5.41) is 24.4. The molecule has 0 aliphatic carbocycles. The largest absolute Gasteiger partial charge is 0.481 e. The first-order valence-corrected chi connectivity index (χ1v) is 10.5. The van der Waals surface area contributed by atoms with E-state index in [4.69, 9.17) is 10.8 Å². The Kier molecular flexibility index (Phi) is 8.77. The van der Waals surface area contributed by atoms with Crippen molar-refractivity contribution in [3.8, 4) is 0 Å². The minimum atomic E-state index is -1.27. The third-order valence-electron chi connectivity index (χ3n) is 5.55. The van der Waals surface area contributed by atoms with E-state index in [1.54, 1.807) is 13.1 Å². The van der Waals surface area contributed by atoms with Crippen molar-refractivity contribution in [1.82, 2.24) is 15.6 Å². The molecule has 174 valence electrons. The summed E-state index contributed by atoms with van der Waals surface area (Å²) in [7, 11) is 0. The number of carbonyl (C=O) groups is 4. The molecule has 1 heterocycles. The molecule has 10 nitrogen and oxygen atoms in total. The van der Waals surface area contributed by atoms with E-state index in [2.05, 4.69) is 15.6 Å². The molecule has 2 rings (SSSR count). The number of aromatic nitrogens is 1. The smallest absolute Gasteiger partial charge is 0.326 e. The van der Waals surface area contributed by atoms with Gasteiger partial charge in [-0.05, 0) is 24.0 Å². The average molecular weight is 447 g/mol. The molecule has 10 heteroatoms. The van der Waals surface area contributed by atoms with Gasteiger partial charge in [-0.15, -0.1) is 0 Å². The number of rotatable bonds is 12. The zero-order valence-corrected chi connectivity index (χ0v) is 18.1. The highest BCUT2D eigenvalue weighted by molar-refractivity contribution is 5.92. The van der Waals surface area contributed by atoms with Gasteiger partial charge in [0.2, 0.25) is 11.8 Å². The monoisotopic (exact) mass is 446 g/mol. The minimum Gasteiger partial charge on any atom is -0.481 e. The highest BCUT2D eigenvalue weighted by atomic mass is 16.4. The Hall–Kier alpha value is -3.40. The summed E-state index contributed by atoms with van der Waals surface area (Å²) in [6.45, 7) is 3.66. The lowest BCUT2D eigenvalue weighted by molar-refractivity contribution is -0.143. The van der Waals surface area contributed by atoms with Crippen molar-refractivity contribution in [3.05, 3.63) is 36.0 Å². The van der Waals surface area contributed by atoms with E-state index in [0.717, 1.165) is 10.9 Å². The van der Waals surface area contributed by atoms with E-state index >= 15 is 0 Å². The van der Waals surface area contributed by atoms with E-state index in [-0.39, 0.29) is 25.2 Å². The molecule has 7 N–H and O–H groups in total. The maximum atomic E-state index is 12.8. The lowest BCUT2D eigenvalue weighted by Crippen LogP contribution is -2.55. The lowest BCUT2D eigenvalue weighted by Gasteiger charge is -2.24. The molecule has 0 aliphatic rings. The second-order valence-electron chi connectivity index (χ2n) is 7.87. The number of para-hydroxylation sites is 1. The fourth-order valence-electron chi connectivity index (χ4n) is 3.31. The third kappa shape index (κ3) is 6.55. The highest BCUT2D eigenvalue weighted by Gasteiger charge is 2.30. The maximum Gasteiger partial charge on any atom is 0.326 e. The molecule has 4 unspecified atom stereocenters. The first kappa shape index (κ1) is 24.9. The van der Waals surface area contributed by atoms with Gasteiger partial charge in [0.15, 0.2) is 0 Å².